The number of hydrogen-bond donors (Lipinski definition) is 1. The number of fused-ring (bicyclic) bond motifs is 2. The Morgan fingerprint density at radius 3 is 2.73 bits per heavy atom. The second-order valence-corrected chi connectivity index (χ2v) is 11.7. The molecule has 2 aliphatic heterocycles. The second-order valence-electron chi connectivity index (χ2n) is 11.7. The van der Waals surface area contributed by atoms with Crippen LogP contribution >= 0.6 is 0 Å². The van der Waals surface area contributed by atoms with Crippen molar-refractivity contribution in [2.24, 2.45) is 5.41 Å². The fourth-order valence-electron chi connectivity index (χ4n) is 7.01. The fraction of sp³-hybridized carbons (Fsp3) is 0.552. The Kier molecular flexibility index (Phi) is 5.51. The molecule has 0 bridgehead atoms. The number of rotatable bonds is 5. The number of ether oxygens (including phenoxy) is 2. The van der Waals surface area contributed by atoms with Gasteiger partial charge in [-0.15, -0.1) is 0 Å². The first-order valence-electron chi connectivity index (χ1n) is 13.8. The number of H-pyrrole nitrogens is 1. The van der Waals surface area contributed by atoms with Crippen LogP contribution in [0.25, 0.3) is 27.9 Å². The molecule has 7 rings (SSSR count). The van der Waals surface area contributed by atoms with Crippen molar-refractivity contribution in [1.29, 1.82) is 0 Å². The highest BCUT2D eigenvalue weighted by molar-refractivity contribution is 5.89. The van der Waals surface area contributed by atoms with Crippen LogP contribution in [0.4, 0.5) is 0 Å². The van der Waals surface area contributed by atoms with Gasteiger partial charge in [0.1, 0.15) is 6.33 Å². The molecular weight excluding hydrogens is 464 g/mol. The van der Waals surface area contributed by atoms with Gasteiger partial charge in [-0.05, 0) is 56.2 Å². The maximum absolute atomic E-state index is 5.68. The van der Waals surface area contributed by atoms with Crippen molar-refractivity contribution in [2.45, 2.75) is 63.8 Å². The average molecular weight is 501 g/mol. The molecule has 8 heteroatoms. The van der Waals surface area contributed by atoms with Gasteiger partial charge in [0.15, 0.2) is 11.4 Å². The summed E-state index contributed by atoms with van der Waals surface area (Å²) in [6.07, 6.45) is 9.81. The largest absolute Gasteiger partial charge is 0.493 e. The van der Waals surface area contributed by atoms with E-state index in [1.807, 2.05) is 12.3 Å². The van der Waals surface area contributed by atoms with Crippen LogP contribution in [0.2, 0.25) is 0 Å². The monoisotopic (exact) mass is 500 g/mol. The molecule has 3 fully saturated rings. The van der Waals surface area contributed by atoms with Crippen molar-refractivity contribution in [1.82, 2.24) is 29.5 Å². The molecule has 0 unspecified atom stereocenters. The quantitative estimate of drug-likeness (QED) is 0.408. The number of likely N-dealkylation sites (tertiary alicyclic amines) is 1. The van der Waals surface area contributed by atoms with E-state index >= 15 is 0 Å². The van der Waals surface area contributed by atoms with Crippen LogP contribution in [-0.4, -0.2) is 68.9 Å². The van der Waals surface area contributed by atoms with Gasteiger partial charge in [0, 0.05) is 60.1 Å². The van der Waals surface area contributed by atoms with Gasteiger partial charge in [0.2, 0.25) is 0 Å². The van der Waals surface area contributed by atoms with Crippen molar-refractivity contribution in [3.05, 3.63) is 42.0 Å². The lowest BCUT2D eigenvalue weighted by Gasteiger charge is -2.52. The fourth-order valence-corrected chi connectivity index (χ4v) is 7.01. The summed E-state index contributed by atoms with van der Waals surface area (Å²) in [6, 6.07) is 7.25. The molecule has 0 atom stereocenters. The van der Waals surface area contributed by atoms with Gasteiger partial charge in [-0.1, -0.05) is 13.8 Å². The highest BCUT2D eigenvalue weighted by Crippen LogP contribution is 2.44. The van der Waals surface area contributed by atoms with Crippen LogP contribution in [-0.2, 0) is 4.74 Å². The predicted molar refractivity (Wildman–Crippen MR) is 143 cm³/mol. The van der Waals surface area contributed by atoms with Gasteiger partial charge in [0.25, 0.3) is 0 Å². The van der Waals surface area contributed by atoms with Gasteiger partial charge < -0.3 is 14.5 Å². The van der Waals surface area contributed by atoms with Crippen molar-refractivity contribution < 1.29 is 9.47 Å². The van der Waals surface area contributed by atoms with Crippen molar-refractivity contribution in [3.8, 4) is 17.0 Å². The van der Waals surface area contributed by atoms with Crippen LogP contribution in [0.1, 0.15) is 69.0 Å². The van der Waals surface area contributed by atoms with E-state index in [0.29, 0.717) is 23.0 Å². The molecule has 0 aromatic carbocycles. The van der Waals surface area contributed by atoms with Crippen LogP contribution in [0.15, 0.2) is 30.7 Å². The lowest BCUT2D eigenvalue weighted by atomic mass is 9.75. The minimum absolute atomic E-state index is 0.318. The standard InChI is InChI=1S/C29H36N6O2/c1-18(2)25-26(20-12-24(36-3)28-30-17-31-35(28)13-20)33-23-9-8-22(32-27(23)25)19-4-6-21(7-5-19)34-14-29(15-34)10-11-37-16-29/h8-9,12-13,17-19,21,33H,4-7,10-11,14-16H2,1-3H3. The molecule has 6 heterocycles. The van der Waals surface area contributed by atoms with Gasteiger partial charge in [0.05, 0.1) is 30.4 Å². The van der Waals surface area contributed by atoms with E-state index in [1.165, 1.54) is 56.5 Å². The van der Waals surface area contributed by atoms with E-state index in [0.717, 1.165) is 47.2 Å². The van der Waals surface area contributed by atoms with Gasteiger partial charge in [-0.2, -0.15) is 5.10 Å². The summed E-state index contributed by atoms with van der Waals surface area (Å²) >= 11 is 0. The molecule has 4 aromatic rings. The smallest absolute Gasteiger partial charge is 0.197 e. The summed E-state index contributed by atoms with van der Waals surface area (Å²) in [7, 11) is 1.67. The average Bonchev–Trinajstić information content (AvgIpc) is 3.65. The molecule has 1 aliphatic carbocycles. The topological polar surface area (TPSA) is 80.6 Å². The Bertz CT molecular complexity index is 1430. The van der Waals surface area contributed by atoms with Crippen LogP contribution < -0.4 is 4.74 Å². The van der Waals surface area contributed by atoms with E-state index < -0.39 is 0 Å². The minimum atomic E-state index is 0.318. The van der Waals surface area contributed by atoms with Crippen LogP contribution in [0, 0.1) is 5.41 Å². The molecule has 1 saturated carbocycles. The second kappa shape index (κ2) is 8.81. The normalized spacial score (nSPS) is 23.9. The molecule has 194 valence electrons. The third kappa shape index (κ3) is 3.84. The molecule has 2 saturated heterocycles. The zero-order valence-electron chi connectivity index (χ0n) is 22.0. The Morgan fingerprint density at radius 2 is 2.00 bits per heavy atom. The van der Waals surface area contributed by atoms with E-state index in [4.69, 9.17) is 14.5 Å². The molecule has 8 nitrogen and oxygen atoms in total. The Balaban J connectivity index is 1.15. The van der Waals surface area contributed by atoms with Crippen LogP contribution in [0.5, 0.6) is 5.75 Å². The first-order valence-corrected chi connectivity index (χ1v) is 13.8. The number of aromatic nitrogens is 5. The minimum Gasteiger partial charge on any atom is -0.493 e. The van der Waals surface area contributed by atoms with Crippen molar-refractivity contribution >= 4 is 16.7 Å². The first kappa shape index (κ1) is 23.2. The Hall–Kier alpha value is -2.97. The zero-order valence-corrected chi connectivity index (χ0v) is 22.0. The van der Waals surface area contributed by atoms with E-state index in [1.54, 1.807) is 18.0 Å². The van der Waals surface area contributed by atoms with E-state index in [2.05, 4.69) is 45.9 Å². The summed E-state index contributed by atoms with van der Waals surface area (Å²) < 4.78 is 13.1. The molecular formula is C29H36N6O2. The maximum atomic E-state index is 5.68. The number of nitrogens with zero attached hydrogens (tertiary/aromatic N) is 5. The van der Waals surface area contributed by atoms with E-state index in [9.17, 15) is 0 Å². The summed E-state index contributed by atoms with van der Waals surface area (Å²) in [5.41, 5.74) is 7.96. The number of pyridine rings is 2. The third-order valence-corrected chi connectivity index (χ3v) is 9.02. The number of hydrogen-bond acceptors (Lipinski definition) is 6. The van der Waals surface area contributed by atoms with Gasteiger partial charge in [-0.25, -0.2) is 9.50 Å². The highest BCUT2D eigenvalue weighted by atomic mass is 16.5. The molecule has 1 spiro atoms. The molecule has 37 heavy (non-hydrogen) atoms. The highest BCUT2D eigenvalue weighted by Gasteiger charge is 2.48. The van der Waals surface area contributed by atoms with Gasteiger partial charge in [-0.3, -0.25) is 9.88 Å². The summed E-state index contributed by atoms with van der Waals surface area (Å²) in [6.45, 7) is 8.89. The Morgan fingerprint density at radius 1 is 1.16 bits per heavy atom. The third-order valence-electron chi connectivity index (χ3n) is 9.02. The molecule has 0 amide bonds. The maximum Gasteiger partial charge on any atom is 0.197 e. The Labute approximate surface area is 217 Å². The lowest BCUT2D eigenvalue weighted by Crippen LogP contribution is -2.60. The zero-order chi connectivity index (χ0) is 25.1. The van der Waals surface area contributed by atoms with E-state index in [-0.39, 0.29) is 0 Å². The summed E-state index contributed by atoms with van der Waals surface area (Å²) in [4.78, 5) is 16.0. The number of aromatic amines is 1. The first-order chi connectivity index (χ1) is 18.0. The number of nitrogens with one attached hydrogen (secondary N) is 1. The summed E-state index contributed by atoms with van der Waals surface area (Å²) in [5.74, 6) is 1.57. The summed E-state index contributed by atoms with van der Waals surface area (Å²) in [5, 5.41) is 4.35. The lowest BCUT2D eigenvalue weighted by molar-refractivity contribution is -0.0457. The molecule has 0 radical (unpaired) electrons. The van der Waals surface area contributed by atoms with Gasteiger partial charge >= 0.3 is 0 Å². The number of methoxy groups -OCH3 is 1. The van der Waals surface area contributed by atoms with Crippen LogP contribution in [0.3, 0.4) is 0 Å². The molecule has 3 aliphatic rings. The molecule has 1 N–H and O–H groups in total. The van der Waals surface area contributed by atoms with Crippen molar-refractivity contribution in [3.63, 3.8) is 0 Å². The molecule has 4 aromatic heterocycles. The SMILES string of the molecule is COc1cc(-c2[nH]c3ccc(C4CCC(N5CC6(CCOC6)C5)CC4)nc3c2C(C)C)cn2ncnc12. The van der Waals surface area contributed by atoms with Crippen molar-refractivity contribution in [2.75, 3.05) is 33.4 Å². The predicted octanol–water partition coefficient (Wildman–Crippen LogP) is 5.15.